The second-order valence-electron chi connectivity index (χ2n) is 4.98. The maximum absolute atomic E-state index is 11.5. The quantitative estimate of drug-likeness (QED) is 0.763. The van der Waals surface area contributed by atoms with Crippen LogP contribution in [-0.4, -0.2) is 28.4 Å². The summed E-state index contributed by atoms with van der Waals surface area (Å²) >= 11 is 0. The molecule has 0 fully saturated rings. The zero-order valence-electron chi connectivity index (χ0n) is 12.0. The number of hydrogen-bond acceptors (Lipinski definition) is 3. The number of carboxylic acid groups (broad SMARTS) is 1. The van der Waals surface area contributed by atoms with Crippen LogP contribution in [0.25, 0.3) is 0 Å². The molecule has 5 nitrogen and oxygen atoms in total. The van der Waals surface area contributed by atoms with Crippen LogP contribution in [0.1, 0.15) is 17.2 Å². The van der Waals surface area contributed by atoms with Crippen LogP contribution in [0.2, 0.25) is 0 Å². The smallest absolute Gasteiger partial charge is 0.322 e. The lowest BCUT2D eigenvalue weighted by Crippen LogP contribution is -2.45. The third-order valence-corrected chi connectivity index (χ3v) is 3.47. The Bertz CT molecular complexity index is 616. The molecule has 0 heterocycles. The zero-order valence-corrected chi connectivity index (χ0v) is 12.0. The first-order chi connectivity index (χ1) is 10.6. The average molecular weight is 298 g/mol. The fourth-order valence-corrected chi connectivity index (χ4v) is 2.39. The number of amides is 1. The van der Waals surface area contributed by atoms with Gasteiger partial charge < -0.3 is 15.7 Å². The number of aliphatic carboxylic acids is 1. The molecule has 5 heteroatoms. The SMILES string of the molecule is NC(C(=O)O)C(c1ccccc1)N(C=O)Cc1ccccc1. The molecule has 0 radical (unpaired) electrons. The normalized spacial score (nSPS) is 13.1. The summed E-state index contributed by atoms with van der Waals surface area (Å²) in [5.41, 5.74) is 7.43. The van der Waals surface area contributed by atoms with Crippen LogP contribution in [0.15, 0.2) is 60.7 Å². The Labute approximate surface area is 129 Å². The van der Waals surface area contributed by atoms with Crippen molar-refractivity contribution in [1.82, 2.24) is 4.90 Å². The molecule has 0 aliphatic carbocycles. The minimum Gasteiger partial charge on any atom is -0.480 e. The van der Waals surface area contributed by atoms with E-state index in [-0.39, 0.29) is 0 Å². The number of carbonyl (C=O) groups excluding carboxylic acids is 1. The van der Waals surface area contributed by atoms with Crippen LogP contribution in [0.3, 0.4) is 0 Å². The molecular formula is C17H18N2O3. The molecule has 2 rings (SSSR count). The summed E-state index contributed by atoms with van der Waals surface area (Å²) in [5, 5.41) is 9.26. The van der Waals surface area contributed by atoms with Gasteiger partial charge in [0.15, 0.2) is 0 Å². The number of nitrogens with two attached hydrogens (primary N) is 1. The predicted molar refractivity (Wildman–Crippen MR) is 82.8 cm³/mol. The molecule has 3 N–H and O–H groups in total. The van der Waals surface area contributed by atoms with Crippen molar-refractivity contribution in [3.63, 3.8) is 0 Å². The Morgan fingerprint density at radius 1 is 1.09 bits per heavy atom. The lowest BCUT2D eigenvalue weighted by molar-refractivity contribution is -0.141. The molecule has 2 unspecified atom stereocenters. The monoisotopic (exact) mass is 298 g/mol. The molecule has 1 amide bonds. The standard InChI is InChI=1S/C17H18N2O3/c18-15(17(21)22)16(14-9-5-2-6-10-14)19(12-20)11-13-7-3-1-4-8-13/h1-10,12,15-16H,11,18H2,(H,21,22). The topological polar surface area (TPSA) is 83.6 Å². The van der Waals surface area contributed by atoms with Gasteiger partial charge in [-0.2, -0.15) is 0 Å². The van der Waals surface area contributed by atoms with Crippen LogP contribution in [0.4, 0.5) is 0 Å². The number of carbonyl (C=O) groups is 2. The number of nitrogens with zero attached hydrogens (tertiary/aromatic N) is 1. The Hall–Kier alpha value is -2.66. The zero-order chi connectivity index (χ0) is 15.9. The largest absolute Gasteiger partial charge is 0.480 e. The number of rotatable bonds is 7. The molecule has 0 saturated carbocycles. The first-order valence-corrected chi connectivity index (χ1v) is 6.91. The molecule has 2 atom stereocenters. The molecule has 0 saturated heterocycles. The molecule has 0 aliphatic heterocycles. The second kappa shape index (κ2) is 7.38. The van der Waals surface area contributed by atoms with E-state index in [2.05, 4.69) is 0 Å². The van der Waals surface area contributed by atoms with E-state index in [0.29, 0.717) is 18.5 Å². The van der Waals surface area contributed by atoms with Crippen molar-refractivity contribution >= 4 is 12.4 Å². The first kappa shape index (κ1) is 15.7. The van der Waals surface area contributed by atoms with Crippen molar-refractivity contribution in [3.8, 4) is 0 Å². The third kappa shape index (κ3) is 3.71. The van der Waals surface area contributed by atoms with Gasteiger partial charge in [-0.25, -0.2) is 0 Å². The fourth-order valence-electron chi connectivity index (χ4n) is 2.39. The summed E-state index contributed by atoms with van der Waals surface area (Å²) in [7, 11) is 0. The van der Waals surface area contributed by atoms with Crippen LogP contribution < -0.4 is 5.73 Å². The first-order valence-electron chi connectivity index (χ1n) is 6.91. The van der Waals surface area contributed by atoms with Crippen LogP contribution in [0.5, 0.6) is 0 Å². The molecule has 2 aromatic rings. The van der Waals surface area contributed by atoms with Gasteiger partial charge in [-0.05, 0) is 11.1 Å². The lowest BCUT2D eigenvalue weighted by atomic mass is 9.98. The maximum atomic E-state index is 11.5. The van der Waals surface area contributed by atoms with Gasteiger partial charge >= 0.3 is 5.97 Å². The molecular weight excluding hydrogens is 280 g/mol. The Morgan fingerprint density at radius 2 is 1.64 bits per heavy atom. The molecule has 114 valence electrons. The van der Waals surface area contributed by atoms with Gasteiger partial charge in [-0.15, -0.1) is 0 Å². The van der Waals surface area contributed by atoms with Crippen LogP contribution >= 0.6 is 0 Å². The van der Waals surface area contributed by atoms with E-state index < -0.39 is 18.1 Å². The van der Waals surface area contributed by atoms with Gasteiger partial charge in [0.1, 0.15) is 6.04 Å². The van der Waals surface area contributed by atoms with Gasteiger partial charge in [-0.1, -0.05) is 60.7 Å². The summed E-state index contributed by atoms with van der Waals surface area (Å²) < 4.78 is 0. The highest BCUT2D eigenvalue weighted by Gasteiger charge is 2.30. The third-order valence-electron chi connectivity index (χ3n) is 3.47. The van der Waals surface area contributed by atoms with E-state index in [4.69, 9.17) is 5.73 Å². The number of carboxylic acids is 1. The highest BCUT2D eigenvalue weighted by atomic mass is 16.4. The van der Waals surface area contributed by atoms with Crippen molar-refractivity contribution in [2.75, 3.05) is 0 Å². The molecule has 2 aromatic carbocycles. The fraction of sp³-hybridized carbons (Fsp3) is 0.176. The number of benzene rings is 2. The second-order valence-corrected chi connectivity index (χ2v) is 4.98. The predicted octanol–water partition coefficient (Wildman–Crippen LogP) is 1.80. The van der Waals surface area contributed by atoms with E-state index in [1.54, 1.807) is 24.3 Å². The maximum Gasteiger partial charge on any atom is 0.322 e. The van der Waals surface area contributed by atoms with Crippen molar-refractivity contribution in [1.29, 1.82) is 0 Å². The summed E-state index contributed by atoms with van der Waals surface area (Å²) in [6, 6.07) is 16.4. The minimum atomic E-state index is -1.20. The average Bonchev–Trinajstić information content (AvgIpc) is 2.56. The van der Waals surface area contributed by atoms with Crippen molar-refractivity contribution in [2.45, 2.75) is 18.6 Å². The summed E-state index contributed by atoms with van der Waals surface area (Å²) in [4.78, 5) is 24.3. The van der Waals surface area contributed by atoms with E-state index in [1.807, 2.05) is 36.4 Å². The van der Waals surface area contributed by atoms with Crippen LogP contribution in [0, 0.1) is 0 Å². The molecule has 0 aromatic heterocycles. The molecule has 0 bridgehead atoms. The Balaban J connectivity index is 2.33. The van der Waals surface area contributed by atoms with E-state index in [9.17, 15) is 14.7 Å². The lowest BCUT2D eigenvalue weighted by Gasteiger charge is -2.31. The van der Waals surface area contributed by atoms with Gasteiger partial charge in [0, 0.05) is 6.54 Å². The van der Waals surface area contributed by atoms with Crippen LogP contribution in [-0.2, 0) is 16.1 Å². The van der Waals surface area contributed by atoms with Crippen molar-refractivity contribution < 1.29 is 14.7 Å². The summed E-state index contributed by atoms with van der Waals surface area (Å²) in [6.07, 6.45) is 0.646. The summed E-state index contributed by atoms with van der Waals surface area (Å²) in [6.45, 7) is 0.297. The molecule has 22 heavy (non-hydrogen) atoms. The van der Waals surface area contributed by atoms with Gasteiger partial charge in [0.05, 0.1) is 6.04 Å². The molecule has 0 spiro atoms. The van der Waals surface area contributed by atoms with E-state index in [1.165, 1.54) is 4.90 Å². The van der Waals surface area contributed by atoms with Gasteiger partial charge in [-0.3, -0.25) is 9.59 Å². The Morgan fingerprint density at radius 3 is 2.14 bits per heavy atom. The highest BCUT2D eigenvalue weighted by Crippen LogP contribution is 2.24. The van der Waals surface area contributed by atoms with Gasteiger partial charge in [0.25, 0.3) is 0 Å². The highest BCUT2D eigenvalue weighted by molar-refractivity contribution is 5.75. The van der Waals surface area contributed by atoms with Crippen molar-refractivity contribution in [3.05, 3.63) is 71.8 Å². The minimum absolute atomic E-state index is 0.297. The summed E-state index contributed by atoms with van der Waals surface area (Å²) in [5.74, 6) is -1.14. The number of hydrogen-bond donors (Lipinski definition) is 2. The molecule has 0 aliphatic rings. The van der Waals surface area contributed by atoms with Gasteiger partial charge in [0.2, 0.25) is 6.41 Å². The Kier molecular flexibility index (Phi) is 5.27. The van der Waals surface area contributed by atoms with Crippen molar-refractivity contribution in [2.24, 2.45) is 5.73 Å². The van der Waals surface area contributed by atoms with E-state index in [0.717, 1.165) is 5.56 Å². The van der Waals surface area contributed by atoms with E-state index >= 15 is 0 Å².